The summed E-state index contributed by atoms with van der Waals surface area (Å²) in [6.45, 7) is 3.73. The van der Waals surface area contributed by atoms with E-state index in [-0.39, 0.29) is 29.6 Å². The van der Waals surface area contributed by atoms with Gasteiger partial charge < -0.3 is 20.2 Å². The van der Waals surface area contributed by atoms with Gasteiger partial charge in [0.1, 0.15) is 11.6 Å². The summed E-state index contributed by atoms with van der Waals surface area (Å²) in [5.41, 5.74) is 6.00. The lowest BCUT2D eigenvalue weighted by molar-refractivity contribution is 0.0527. The molecule has 5 nitrogen and oxygen atoms in total. The van der Waals surface area contributed by atoms with Gasteiger partial charge in [0.05, 0.1) is 30.2 Å². The van der Waals surface area contributed by atoms with Crippen molar-refractivity contribution in [3.05, 3.63) is 47.7 Å². The first kappa shape index (κ1) is 14.9. The Morgan fingerprint density at radius 1 is 1.52 bits per heavy atom. The lowest BCUT2D eigenvalue weighted by atomic mass is 10.1. The SMILES string of the molecule is CCOC(=O)c1cc(NC(C)c2ccco2)c(F)cc1N. The van der Waals surface area contributed by atoms with Gasteiger partial charge >= 0.3 is 5.97 Å². The molecule has 0 aliphatic heterocycles. The van der Waals surface area contributed by atoms with Crippen LogP contribution in [0.3, 0.4) is 0 Å². The summed E-state index contributed by atoms with van der Waals surface area (Å²) in [6, 6.07) is 5.72. The number of anilines is 2. The number of halogens is 1. The highest BCUT2D eigenvalue weighted by molar-refractivity contribution is 5.96. The van der Waals surface area contributed by atoms with Crippen molar-refractivity contribution in [2.45, 2.75) is 19.9 Å². The van der Waals surface area contributed by atoms with Gasteiger partial charge in [0, 0.05) is 5.69 Å². The van der Waals surface area contributed by atoms with Crippen molar-refractivity contribution in [2.75, 3.05) is 17.7 Å². The lowest BCUT2D eigenvalue weighted by Crippen LogP contribution is -2.12. The Bertz CT molecular complexity index is 626. The summed E-state index contributed by atoms with van der Waals surface area (Å²) in [4.78, 5) is 11.8. The Hall–Kier alpha value is -2.50. The Kier molecular flexibility index (Phi) is 4.47. The van der Waals surface area contributed by atoms with Crippen LogP contribution in [-0.2, 0) is 4.74 Å². The minimum absolute atomic E-state index is 0.0437. The molecule has 0 saturated carbocycles. The summed E-state index contributed by atoms with van der Waals surface area (Å²) in [5.74, 6) is -0.466. The third-order valence-electron chi connectivity index (χ3n) is 2.98. The van der Waals surface area contributed by atoms with Gasteiger partial charge in [0.15, 0.2) is 0 Å². The molecular weight excluding hydrogens is 275 g/mol. The highest BCUT2D eigenvalue weighted by Gasteiger charge is 2.17. The van der Waals surface area contributed by atoms with E-state index in [9.17, 15) is 9.18 Å². The summed E-state index contributed by atoms with van der Waals surface area (Å²) in [7, 11) is 0. The first-order chi connectivity index (χ1) is 10.0. The van der Waals surface area contributed by atoms with E-state index in [1.165, 1.54) is 12.3 Å². The van der Waals surface area contributed by atoms with Gasteiger partial charge in [0.2, 0.25) is 0 Å². The molecule has 0 aliphatic carbocycles. The highest BCUT2D eigenvalue weighted by Crippen LogP contribution is 2.26. The minimum atomic E-state index is -0.580. The third kappa shape index (κ3) is 3.34. The molecule has 21 heavy (non-hydrogen) atoms. The average Bonchev–Trinajstić information content (AvgIpc) is 2.96. The Morgan fingerprint density at radius 2 is 2.29 bits per heavy atom. The normalized spacial score (nSPS) is 12.0. The standard InChI is InChI=1S/C15H17FN2O3/c1-3-20-15(19)10-7-13(11(16)8-12(10)17)18-9(2)14-5-4-6-21-14/h4-9,18H,3,17H2,1-2H3. The number of carbonyl (C=O) groups is 1. The number of hydrogen-bond acceptors (Lipinski definition) is 5. The number of nitrogen functional groups attached to an aromatic ring is 1. The predicted octanol–water partition coefficient (Wildman–Crippen LogP) is 3.35. The highest BCUT2D eigenvalue weighted by atomic mass is 19.1. The van der Waals surface area contributed by atoms with Gasteiger partial charge in [-0.2, -0.15) is 0 Å². The molecule has 6 heteroatoms. The second-order valence-electron chi connectivity index (χ2n) is 4.52. The second-order valence-corrected chi connectivity index (χ2v) is 4.52. The summed E-state index contributed by atoms with van der Waals surface area (Å²) in [6.07, 6.45) is 1.54. The molecule has 0 radical (unpaired) electrons. The van der Waals surface area contributed by atoms with Crippen molar-refractivity contribution in [3.63, 3.8) is 0 Å². The van der Waals surface area contributed by atoms with Crippen molar-refractivity contribution < 1.29 is 18.3 Å². The third-order valence-corrected chi connectivity index (χ3v) is 2.98. The Balaban J connectivity index is 2.27. The summed E-state index contributed by atoms with van der Waals surface area (Å²) >= 11 is 0. The quantitative estimate of drug-likeness (QED) is 0.652. The molecule has 0 aliphatic rings. The van der Waals surface area contributed by atoms with E-state index in [0.29, 0.717) is 5.76 Å². The molecule has 1 aromatic heterocycles. The maximum absolute atomic E-state index is 14.0. The fraction of sp³-hybridized carbons (Fsp3) is 0.267. The monoisotopic (exact) mass is 292 g/mol. The molecule has 1 atom stereocenters. The van der Waals surface area contributed by atoms with Crippen LogP contribution in [0, 0.1) is 5.82 Å². The van der Waals surface area contributed by atoms with Crippen LogP contribution in [0.4, 0.5) is 15.8 Å². The van der Waals surface area contributed by atoms with Gasteiger partial charge in [-0.3, -0.25) is 0 Å². The van der Waals surface area contributed by atoms with E-state index in [4.69, 9.17) is 14.9 Å². The number of furan rings is 1. The van der Waals surface area contributed by atoms with Crippen LogP contribution in [0.1, 0.15) is 36.0 Å². The maximum atomic E-state index is 14.0. The van der Waals surface area contributed by atoms with E-state index in [1.807, 2.05) is 6.92 Å². The Labute approximate surface area is 121 Å². The Morgan fingerprint density at radius 3 is 2.90 bits per heavy atom. The predicted molar refractivity (Wildman–Crippen MR) is 77.5 cm³/mol. The number of nitrogens with two attached hydrogens (primary N) is 1. The van der Waals surface area contributed by atoms with E-state index in [0.717, 1.165) is 6.07 Å². The topological polar surface area (TPSA) is 77.5 Å². The molecule has 0 bridgehead atoms. The van der Waals surface area contributed by atoms with Crippen molar-refractivity contribution in [3.8, 4) is 0 Å². The fourth-order valence-electron chi connectivity index (χ4n) is 1.93. The van der Waals surface area contributed by atoms with Gasteiger partial charge in [-0.15, -0.1) is 0 Å². The first-order valence-electron chi connectivity index (χ1n) is 6.59. The van der Waals surface area contributed by atoms with Crippen molar-refractivity contribution in [1.29, 1.82) is 0 Å². The fourth-order valence-corrected chi connectivity index (χ4v) is 1.93. The van der Waals surface area contributed by atoms with Crippen molar-refractivity contribution >= 4 is 17.3 Å². The van der Waals surface area contributed by atoms with E-state index in [1.54, 1.807) is 19.1 Å². The molecule has 1 unspecified atom stereocenters. The molecule has 1 heterocycles. The number of esters is 1. The largest absolute Gasteiger partial charge is 0.467 e. The molecule has 0 saturated heterocycles. The zero-order valence-electron chi connectivity index (χ0n) is 11.9. The van der Waals surface area contributed by atoms with Crippen molar-refractivity contribution in [2.24, 2.45) is 0 Å². The van der Waals surface area contributed by atoms with Crippen LogP contribution in [0.2, 0.25) is 0 Å². The van der Waals surface area contributed by atoms with Gasteiger partial charge in [0.25, 0.3) is 0 Å². The number of rotatable bonds is 5. The summed E-state index contributed by atoms with van der Waals surface area (Å²) in [5, 5.41) is 2.95. The number of hydrogen-bond donors (Lipinski definition) is 2. The van der Waals surface area contributed by atoms with Gasteiger partial charge in [-0.05, 0) is 38.1 Å². The number of carbonyl (C=O) groups excluding carboxylic acids is 1. The van der Waals surface area contributed by atoms with E-state index in [2.05, 4.69) is 5.32 Å². The maximum Gasteiger partial charge on any atom is 0.340 e. The van der Waals surface area contributed by atoms with Crippen molar-refractivity contribution in [1.82, 2.24) is 0 Å². The molecule has 2 aromatic rings. The molecule has 0 spiro atoms. The minimum Gasteiger partial charge on any atom is -0.467 e. The van der Waals surface area contributed by atoms with Gasteiger partial charge in [-0.25, -0.2) is 9.18 Å². The van der Waals surface area contributed by atoms with Crippen LogP contribution in [0.5, 0.6) is 0 Å². The van der Waals surface area contributed by atoms with Crippen LogP contribution in [0.15, 0.2) is 34.9 Å². The number of ether oxygens (including phenoxy) is 1. The van der Waals surface area contributed by atoms with Crippen LogP contribution in [0.25, 0.3) is 0 Å². The average molecular weight is 292 g/mol. The molecule has 0 fully saturated rings. The number of benzene rings is 1. The number of nitrogens with one attached hydrogen (secondary N) is 1. The van der Waals surface area contributed by atoms with E-state index >= 15 is 0 Å². The zero-order valence-corrected chi connectivity index (χ0v) is 11.9. The second kappa shape index (κ2) is 6.30. The molecule has 2 rings (SSSR count). The molecule has 3 N–H and O–H groups in total. The lowest BCUT2D eigenvalue weighted by Gasteiger charge is -2.15. The van der Waals surface area contributed by atoms with Gasteiger partial charge in [-0.1, -0.05) is 0 Å². The molecular formula is C15H17FN2O3. The van der Waals surface area contributed by atoms with Crippen LogP contribution >= 0.6 is 0 Å². The first-order valence-corrected chi connectivity index (χ1v) is 6.59. The van der Waals surface area contributed by atoms with Crippen LogP contribution < -0.4 is 11.1 Å². The summed E-state index contributed by atoms with van der Waals surface area (Å²) < 4.78 is 24.1. The van der Waals surface area contributed by atoms with Crippen LogP contribution in [-0.4, -0.2) is 12.6 Å². The molecule has 0 amide bonds. The van der Waals surface area contributed by atoms with E-state index < -0.39 is 11.8 Å². The molecule has 112 valence electrons. The smallest absolute Gasteiger partial charge is 0.340 e. The zero-order chi connectivity index (χ0) is 15.4. The molecule has 1 aromatic carbocycles.